The molecule has 2 N–H and O–H groups in total. The number of hydrogen-bond acceptors (Lipinski definition) is 5. The van der Waals surface area contributed by atoms with Gasteiger partial charge in [0.15, 0.2) is 0 Å². The molecule has 1 amide bonds. The van der Waals surface area contributed by atoms with E-state index in [9.17, 15) is 4.79 Å². The van der Waals surface area contributed by atoms with Crippen LogP contribution in [-0.4, -0.2) is 21.1 Å². The number of thioether (sulfide) groups is 1. The van der Waals surface area contributed by atoms with Gasteiger partial charge in [0, 0.05) is 50.2 Å². The molecule has 0 saturated carbocycles. The number of carbonyl (C=O) groups excluding carboxylic acids is 1. The summed E-state index contributed by atoms with van der Waals surface area (Å²) in [5.74, 6) is 7.28. The molecular weight excluding hydrogens is 464 g/mol. The van der Waals surface area contributed by atoms with E-state index in [4.69, 9.17) is 0 Å². The van der Waals surface area contributed by atoms with Gasteiger partial charge in [-0.2, -0.15) is 0 Å². The number of nitrogens with one attached hydrogen (secondary N) is 2. The molecular formula is C30H28N4OS. The zero-order valence-corrected chi connectivity index (χ0v) is 21.9. The van der Waals surface area contributed by atoms with Crippen LogP contribution >= 0.6 is 11.8 Å². The SMILES string of the molecule is Cc1cc2c(cc1C#Cc1nccc3cnc(Nc4ccc(SC(C)C)cc4)cc13)NC(=O)C2(C)C. The Morgan fingerprint density at radius 1 is 1.03 bits per heavy atom. The molecule has 1 aliphatic rings. The van der Waals surface area contributed by atoms with E-state index in [1.807, 2.05) is 56.9 Å². The molecule has 180 valence electrons. The van der Waals surface area contributed by atoms with Crippen LogP contribution < -0.4 is 10.6 Å². The maximum absolute atomic E-state index is 12.4. The van der Waals surface area contributed by atoms with Gasteiger partial charge < -0.3 is 10.6 Å². The summed E-state index contributed by atoms with van der Waals surface area (Å²) in [5, 5.41) is 8.83. The lowest BCUT2D eigenvalue weighted by Crippen LogP contribution is -2.26. The molecule has 36 heavy (non-hydrogen) atoms. The summed E-state index contributed by atoms with van der Waals surface area (Å²) in [6.07, 6.45) is 3.59. The molecule has 0 bridgehead atoms. The van der Waals surface area contributed by atoms with Gasteiger partial charge in [-0.05, 0) is 80.3 Å². The normalized spacial score (nSPS) is 13.8. The highest BCUT2D eigenvalue weighted by molar-refractivity contribution is 7.99. The van der Waals surface area contributed by atoms with Crippen molar-refractivity contribution >= 4 is 45.6 Å². The molecule has 5 rings (SSSR count). The minimum Gasteiger partial charge on any atom is -0.340 e. The first-order valence-corrected chi connectivity index (χ1v) is 12.9. The van der Waals surface area contributed by atoms with E-state index in [2.05, 4.69) is 76.6 Å². The Bertz CT molecular complexity index is 1550. The fourth-order valence-electron chi connectivity index (χ4n) is 4.26. The van der Waals surface area contributed by atoms with E-state index in [0.717, 1.165) is 44.7 Å². The highest BCUT2D eigenvalue weighted by Gasteiger charge is 2.38. The van der Waals surface area contributed by atoms with Gasteiger partial charge in [-0.3, -0.25) is 4.79 Å². The molecule has 0 fully saturated rings. The summed E-state index contributed by atoms with van der Waals surface area (Å²) >= 11 is 1.84. The van der Waals surface area contributed by atoms with Crippen molar-refractivity contribution in [2.24, 2.45) is 0 Å². The van der Waals surface area contributed by atoms with Crippen molar-refractivity contribution in [2.45, 2.75) is 50.2 Å². The fourth-order valence-corrected chi connectivity index (χ4v) is 5.10. The third kappa shape index (κ3) is 4.67. The Morgan fingerprint density at radius 2 is 1.81 bits per heavy atom. The third-order valence-corrected chi connectivity index (χ3v) is 7.33. The average Bonchev–Trinajstić information content (AvgIpc) is 3.06. The van der Waals surface area contributed by atoms with E-state index in [1.165, 1.54) is 4.90 Å². The second-order valence-electron chi connectivity index (χ2n) is 9.81. The average molecular weight is 493 g/mol. The molecule has 5 nitrogen and oxygen atoms in total. The Labute approximate surface area is 216 Å². The van der Waals surface area contributed by atoms with Gasteiger partial charge in [-0.1, -0.05) is 25.8 Å². The lowest BCUT2D eigenvalue weighted by atomic mass is 9.85. The maximum Gasteiger partial charge on any atom is 0.234 e. The number of anilines is 3. The first-order valence-electron chi connectivity index (χ1n) is 12.0. The van der Waals surface area contributed by atoms with Crippen LogP contribution in [0.1, 0.15) is 50.1 Å². The minimum absolute atomic E-state index is 0.0126. The topological polar surface area (TPSA) is 66.9 Å². The van der Waals surface area contributed by atoms with Gasteiger partial charge in [0.1, 0.15) is 11.5 Å². The zero-order valence-electron chi connectivity index (χ0n) is 21.1. The van der Waals surface area contributed by atoms with Gasteiger partial charge in [-0.15, -0.1) is 11.8 Å². The van der Waals surface area contributed by atoms with Crippen LogP contribution in [0.15, 0.2) is 65.8 Å². The molecule has 0 aliphatic carbocycles. The number of hydrogen-bond donors (Lipinski definition) is 2. The van der Waals surface area contributed by atoms with Crippen molar-refractivity contribution in [2.75, 3.05) is 10.6 Å². The first kappa shape index (κ1) is 23.9. The summed E-state index contributed by atoms with van der Waals surface area (Å²) in [4.78, 5) is 22.7. The molecule has 1 aliphatic heterocycles. The Morgan fingerprint density at radius 3 is 2.56 bits per heavy atom. The number of aromatic nitrogens is 2. The van der Waals surface area contributed by atoms with Crippen LogP contribution in [0.2, 0.25) is 0 Å². The molecule has 0 spiro atoms. The van der Waals surface area contributed by atoms with Crippen molar-refractivity contribution in [3.8, 4) is 11.8 Å². The van der Waals surface area contributed by atoms with Crippen LogP contribution in [0.3, 0.4) is 0 Å². The van der Waals surface area contributed by atoms with Gasteiger partial charge in [-0.25, -0.2) is 9.97 Å². The molecule has 2 aromatic heterocycles. The van der Waals surface area contributed by atoms with Crippen LogP contribution in [0, 0.1) is 18.8 Å². The molecule has 4 aromatic rings. The van der Waals surface area contributed by atoms with Crippen molar-refractivity contribution < 1.29 is 4.79 Å². The third-order valence-electron chi connectivity index (χ3n) is 6.32. The highest BCUT2D eigenvalue weighted by atomic mass is 32.2. The minimum atomic E-state index is -0.534. The van der Waals surface area contributed by atoms with E-state index >= 15 is 0 Å². The number of fused-ring (bicyclic) bond motifs is 2. The Kier molecular flexibility index (Phi) is 6.19. The monoisotopic (exact) mass is 492 g/mol. The van der Waals surface area contributed by atoms with Crippen molar-refractivity contribution in [1.29, 1.82) is 0 Å². The number of pyridine rings is 2. The number of rotatable bonds is 4. The van der Waals surface area contributed by atoms with Gasteiger partial charge in [0.2, 0.25) is 5.91 Å². The first-order chi connectivity index (χ1) is 17.2. The maximum atomic E-state index is 12.4. The quantitative estimate of drug-likeness (QED) is 0.242. The van der Waals surface area contributed by atoms with Crippen molar-refractivity contribution in [1.82, 2.24) is 9.97 Å². The van der Waals surface area contributed by atoms with Crippen molar-refractivity contribution in [3.05, 3.63) is 83.3 Å². The second kappa shape index (κ2) is 9.33. The number of amides is 1. The summed E-state index contributed by atoms with van der Waals surface area (Å²) in [7, 11) is 0. The summed E-state index contributed by atoms with van der Waals surface area (Å²) < 4.78 is 0. The molecule has 0 atom stereocenters. The van der Waals surface area contributed by atoms with E-state index in [0.29, 0.717) is 10.9 Å². The van der Waals surface area contributed by atoms with E-state index in [1.54, 1.807) is 6.20 Å². The molecule has 6 heteroatoms. The van der Waals surface area contributed by atoms with Gasteiger partial charge in [0.25, 0.3) is 0 Å². The second-order valence-corrected chi connectivity index (χ2v) is 11.5. The molecule has 0 radical (unpaired) electrons. The summed E-state index contributed by atoms with van der Waals surface area (Å²) in [6, 6.07) is 16.3. The lowest BCUT2D eigenvalue weighted by molar-refractivity contribution is -0.119. The van der Waals surface area contributed by atoms with Gasteiger partial charge in [0.05, 0.1) is 5.41 Å². The molecule has 0 unspecified atom stereocenters. The molecule has 2 aromatic carbocycles. The van der Waals surface area contributed by atoms with Crippen LogP contribution in [0.5, 0.6) is 0 Å². The highest BCUT2D eigenvalue weighted by Crippen LogP contribution is 2.38. The molecule has 3 heterocycles. The van der Waals surface area contributed by atoms with Crippen LogP contribution in [0.25, 0.3) is 10.8 Å². The lowest BCUT2D eigenvalue weighted by Gasteiger charge is -2.15. The number of nitrogens with zero attached hydrogens (tertiary/aromatic N) is 2. The van der Waals surface area contributed by atoms with Crippen molar-refractivity contribution in [3.63, 3.8) is 0 Å². The predicted molar refractivity (Wildman–Crippen MR) is 149 cm³/mol. The van der Waals surface area contributed by atoms with E-state index < -0.39 is 5.41 Å². The Balaban J connectivity index is 1.45. The summed E-state index contributed by atoms with van der Waals surface area (Å²) in [6.45, 7) is 10.3. The number of carbonyl (C=O) groups is 1. The standard InChI is InChI=1S/C30H28N4OS/c1-18(2)36-23-9-7-22(8-10-23)33-28-16-24-21(17-32-28)12-13-31-26(24)11-6-20-15-27-25(14-19(20)3)30(4,5)29(35)34-27/h7-10,12-18H,1-5H3,(H,32,33)(H,34,35). The Hall–Kier alpha value is -3.82. The molecule has 0 saturated heterocycles. The van der Waals surface area contributed by atoms with Crippen LogP contribution in [0.4, 0.5) is 17.2 Å². The number of aryl methyl sites for hydroxylation is 1. The van der Waals surface area contributed by atoms with E-state index in [-0.39, 0.29) is 5.91 Å². The largest absolute Gasteiger partial charge is 0.340 e. The van der Waals surface area contributed by atoms with Gasteiger partial charge >= 0.3 is 0 Å². The summed E-state index contributed by atoms with van der Waals surface area (Å²) in [5.41, 5.74) is 4.88. The predicted octanol–water partition coefficient (Wildman–Crippen LogP) is 6.81. The fraction of sp³-hybridized carbons (Fsp3) is 0.233. The van der Waals surface area contributed by atoms with Crippen LogP contribution in [-0.2, 0) is 10.2 Å². The number of benzene rings is 2. The zero-order chi connectivity index (χ0) is 25.4. The smallest absolute Gasteiger partial charge is 0.234 e.